The molecule has 1 atom stereocenters. The number of carbonyl (C=O) groups is 2. The molecular weight excluding hydrogens is 300 g/mol. The number of likely N-dealkylation sites (tertiary alicyclic amines) is 1. The van der Waals surface area contributed by atoms with Gasteiger partial charge in [0.05, 0.1) is 11.6 Å². The topological polar surface area (TPSA) is 49.9 Å². The zero-order valence-electron chi connectivity index (χ0n) is 13.7. The monoisotopic (exact) mass is 324 g/mol. The molecule has 2 rings (SSSR count). The van der Waals surface area contributed by atoms with Crippen molar-refractivity contribution >= 4 is 23.3 Å². The minimum atomic E-state index is -0.497. The Labute approximate surface area is 135 Å². The van der Waals surface area contributed by atoms with Crippen molar-refractivity contribution in [3.05, 3.63) is 22.4 Å². The highest BCUT2D eigenvalue weighted by atomic mass is 32.1. The van der Waals surface area contributed by atoms with Crippen LogP contribution in [0.2, 0.25) is 0 Å². The van der Waals surface area contributed by atoms with Crippen LogP contribution in [0.25, 0.3) is 0 Å². The van der Waals surface area contributed by atoms with E-state index in [2.05, 4.69) is 0 Å². The summed E-state index contributed by atoms with van der Waals surface area (Å²) in [7, 11) is 1.78. The first-order valence-electron chi connectivity index (χ1n) is 7.55. The number of rotatable bonds is 3. The first-order valence-corrected chi connectivity index (χ1v) is 8.49. The van der Waals surface area contributed by atoms with Gasteiger partial charge in [0.25, 0.3) is 5.91 Å². The summed E-state index contributed by atoms with van der Waals surface area (Å²) in [5, 5.41) is 3.74. The van der Waals surface area contributed by atoms with Crippen LogP contribution in [0.15, 0.2) is 16.8 Å². The van der Waals surface area contributed by atoms with E-state index < -0.39 is 5.60 Å². The predicted octanol–water partition coefficient (Wildman–Crippen LogP) is 3.22. The predicted molar refractivity (Wildman–Crippen MR) is 87.2 cm³/mol. The fraction of sp³-hybridized carbons (Fsp3) is 0.625. The van der Waals surface area contributed by atoms with Crippen LogP contribution in [0, 0.1) is 0 Å². The quantitative estimate of drug-likeness (QED) is 0.858. The molecule has 1 aliphatic heterocycles. The number of thiophene rings is 1. The van der Waals surface area contributed by atoms with Crippen molar-refractivity contribution in [3.63, 3.8) is 0 Å². The van der Waals surface area contributed by atoms with Crippen molar-refractivity contribution in [2.75, 3.05) is 20.1 Å². The maximum absolute atomic E-state index is 12.3. The molecule has 1 aliphatic rings. The van der Waals surface area contributed by atoms with Gasteiger partial charge in [-0.05, 0) is 45.1 Å². The lowest BCUT2D eigenvalue weighted by atomic mass is 10.2. The van der Waals surface area contributed by atoms with Gasteiger partial charge in [-0.1, -0.05) is 0 Å². The Morgan fingerprint density at radius 3 is 2.77 bits per heavy atom. The Kier molecular flexibility index (Phi) is 5.11. The molecule has 0 aromatic carbocycles. The molecule has 0 bridgehead atoms. The second-order valence-corrected chi connectivity index (χ2v) is 7.45. The Morgan fingerprint density at radius 2 is 2.18 bits per heavy atom. The number of hydrogen-bond acceptors (Lipinski definition) is 4. The number of amides is 2. The molecule has 22 heavy (non-hydrogen) atoms. The number of hydrogen-bond donors (Lipinski definition) is 0. The molecule has 5 nitrogen and oxygen atoms in total. The molecular formula is C16H24N2O3S. The van der Waals surface area contributed by atoms with E-state index in [1.807, 2.05) is 37.6 Å². The van der Waals surface area contributed by atoms with E-state index in [0.29, 0.717) is 18.7 Å². The molecule has 1 fully saturated rings. The van der Waals surface area contributed by atoms with Crippen LogP contribution in [0.5, 0.6) is 0 Å². The minimum absolute atomic E-state index is 0.00251. The van der Waals surface area contributed by atoms with Gasteiger partial charge in [-0.3, -0.25) is 4.79 Å². The Bertz CT molecular complexity index is 522. The van der Waals surface area contributed by atoms with Crippen molar-refractivity contribution in [3.8, 4) is 0 Å². The number of likely N-dealkylation sites (N-methyl/N-ethyl adjacent to an activating group) is 1. The smallest absolute Gasteiger partial charge is 0.410 e. The normalized spacial score (nSPS) is 18.4. The lowest BCUT2D eigenvalue weighted by Crippen LogP contribution is -2.45. The van der Waals surface area contributed by atoms with Crippen molar-refractivity contribution in [1.29, 1.82) is 0 Å². The summed E-state index contributed by atoms with van der Waals surface area (Å²) in [6.45, 7) is 6.82. The molecule has 1 aromatic heterocycles. The largest absolute Gasteiger partial charge is 0.444 e. The van der Waals surface area contributed by atoms with Crippen LogP contribution < -0.4 is 0 Å². The number of nitrogens with zero attached hydrogens (tertiary/aromatic N) is 2. The minimum Gasteiger partial charge on any atom is -0.444 e. The summed E-state index contributed by atoms with van der Waals surface area (Å²) in [6, 6.07) is 1.85. The third kappa shape index (κ3) is 4.22. The van der Waals surface area contributed by atoms with Crippen molar-refractivity contribution < 1.29 is 14.3 Å². The summed E-state index contributed by atoms with van der Waals surface area (Å²) in [5.41, 5.74) is 0.206. The Morgan fingerprint density at radius 1 is 1.45 bits per heavy atom. The van der Waals surface area contributed by atoms with E-state index in [-0.39, 0.29) is 18.0 Å². The van der Waals surface area contributed by atoms with E-state index in [1.54, 1.807) is 16.8 Å². The molecule has 0 unspecified atom stereocenters. The molecule has 0 radical (unpaired) electrons. The SMILES string of the molecule is CN(C[C@H]1CCCN1C(=O)OC(C)(C)C)C(=O)c1ccsc1. The molecule has 0 N–H and O–H groups in total. The summed E-state index contributed by atoms with van der Waals surface area (Å²) in [5.74, 6) is -0.00251. The van der Waals surface area contributed by atoms with Gasteiger partial charge >= 0.3 is 6.09 Å². The van der Waals surface area contributed by atoms with Gasteiger partial charge in [0.2, 0.25) is 0 Å². The van der Waals surface area contributed by atoms with E-state index in [0.717, 1.165) is 12.8 Å². The van der Waals surface area contributed by atoms with Crippen LogP contribution >= 0.6 is 11.3 Å². The third-order valence-electron chi connectivity index (χ3n) is 3.60. The third-order valence-corrected chi connectivity index (χ3v) is 4.29. The summed E-state index contributed by atoms with van der Waals surface area (Å²) >= 11 is 1.51. The summed E-state index contributed by atoms with van der Waals surface area (Å²) < 4.78 is 5.45. The van der Waals surface area contributed by atoms with Crippen LogP contribution in [0.4, 0.5) is 4.79 Å². The average molecular weight is 324 g/mol. The van der Waals surface area contributed by atoms with Gasteiger partial charge in [-0.15, -0.1) is 0 Å². The zero-order valence-corrected chi connectivity index (χ0v) is 14.5. The molecule has 2 amide bonds. The van der Waals surface area contributed by atoms with Crippen LogP contribution in [0.1, 0.15) is 44.0 Å². The van der Waals surface area contributed by atoms with Crippen molar-refractivity contribution in [2.24, 2.45) is 0 Å². The molecule has 1 aromatic rings. The summed E-state index contributed by atoms with van der Waals surface area (Å²) in [6.07, 6.45) is 1.57. The molecule has 0 saturated carbocycles. The maximum Gasteiger partial charge on any atom is 0.410 e. The second-order valence-electron chi connectivity index (χ2n) is 6.67. The van der Waals surface area contributed by atoms with Gasteiger partial charge in [0.1, 0.15) is 5.60 Å². The van der Waals surface area contributed by atoms with Crippen molar-refractivity contribution in [2.45, 2.75) is 45.3 Å². The zero-order chi connectivity index (χ0) is 16.3. The molecule has 122 valence electrons. The molecule has 0 aliphatic carbocycles. The fourth-order valence-electron chi connectivity index (χ4n) is 2.59. The van der Waals surface area contributed by atoms with Gasteiger partial charge in [-0.2, -0.15) is 11.3 Å². The first-order chi connectivity index (χ1) is 10.3. The first kappa shape index (κ1) is 16.8. The van der Waals surface area contributed by atoms with Gasteiger partial charge in [-0.25, -0.2) is 4.79 Å². The Balaban J connectivity index is 1.96. The van der Waals surface area contributed by atoms with Gasteiger partial charge in [0, 0.05) is 25.5 Å². The highest BCUT2D eigenvalue weighted by Gasteiger charge is 2.33. The maximum atomic E-state index is 12.3. The average Bonchev–Trinajstić information content (AvgIpc) is 3.06. The lowest BCUT2D eigenvalue weighted by Gasteiger charge is -2.30. The lowest BCUT2D eigenvalue weighted by molar-refractivity contribution is 0.0199. The second kappa shape index (κ2) is 6.69. The number of ether oxygens (including phenoxy) is 1. The number of carbonyl (C=O) groups excluding carboxylic acids is 2. The Hall–Kier alpha value is -1.56. The molecule has 1 saturated heterocycles. The van der Waals surface area contributed by atoms with E-state index in [9.17, 15) is 9.59 Å². The van der Waals surface area contributed by atoms with Crippen LogP contribution in [-0.4, -0.2) is 53.6 Å². The summed E-state index contributed by atoms with van der Waals surface area (Å²) in [4.78, 5) is 28.0. The van der Waals surface area contributed by atoms with Gasteiger partial charge < -0.3 is 14.5 Å². The standard InChI is InChI=1S/C16H24N2O3S/c1-16(2,3)21-15(20)18-8-5-6-13(18)10-17(4)14(19)12-7-9-22-11-12/h7,9,11,13H,5-6,8,10H2,1-4H3/t13-/m1/s1. The molecule has 0 spiro atoms. The van der Waals surface area contributed by atoms with Crippen molar-refractivity contribution in [1.82, 2.24) is 9.80 Å². The fourth-order valence-corrected chi connectivity index (χ4v) is 3.22. The van der Waals surface area contributed by atoms with E-state index in [4.69, 9.17) is 4.74 Å². The van der Waals surface area contributed by atoms with Crippen LogP contribution in [-0.2, 0) is 4.74 Å². The van der Waals surface area contributed by atoms with Gasteiger partial charge in [0.15, 0.2) is 0 Å². The van der Waals surface area contributed by atoms with Crippen LogP contribution in [0.3, 0.4) is 0 Å². The molecule has 2 heterocycles. The van der Waals surface area contributed by atoms with E-state index in [1.165, 1.54) is 11.3 Å². The highest BCUT2D eigenvalue weighted by Crippen LogP contribution is 2.22. The van der Waals surface area contributed by atoms with E-state index >= 15 is 0 Å². The molecule has 6 heteroatoms. The highest BCUT2D eigenvalue weighted by molar-refractivity contribution is 7.08.